The lowest BCUT2D eigenvalue weighted by atomic mass is 10.0. The Hall–Kier alpha value is -1.01. The Kier molecular flexibility index (Phi) is 4.85. The fraction of sp³-hybridized carbons (Fsp3) is 0.600. The highest BCUT2D eigenvalue weighted by molar-refractivity contribution is 6.32. The van der Waals surface area contributed by atoms with Crippen LogP contribution in [-0.2, 0) is 4.74 Å². The molecule has 0 aromatic heterocycles. The molecule has 21 heavy (non-hydrogen) atoms. The van der Waals surface area contributed by atoms with Crippen LogP contribution in [0.3, 0.4) is 0 Å². The first-order valence-electron chi connectivity index (χ1n) is 7.40. The summed E-state index contributed by atoms with van der Waals surface area (Å²) in [6.07, 6.45) is 1.02. The van der Waals surface area contributed by atoms with Crippen LogP contribution in [0.15, 0.2) is 12.1 Å². The van der Waals surface area contributed by atoms with Gasteiger partial charge in [-0.2, -0.15) is 0 Å². The van der Waals surface area contributed by atoms with Crippen molar-refractivity contribution in [3.05, 3.63) is 22.7 Å². The summed E-state index contributed by atoms with van der Waals surface area (Å²) in [6, 6.07) is 4.07. The van der Waals surface area contributed by atoms with Gasteiger partial charge in [0.2, 0.25) is 0 Å². The third-order valence-corrected chi connectivity index (χ3v) is 4.21. The summed E-state index contributed by atoms with van der Waals surface area (Å²) in [4.78, 5) is 2.36. The summed E-state index contributed by atoms with van der Waals surface area (Å²) in [5.74, 6) is 1.36. The standard InChI is InChI=1S/C15H21ClN2O3/c16-12-8-11(9-14-15(12)21-7-6-20-14)13(10-17)18-2-1-4-19-5-3-18/h8-9,13H,1-7,10,17H2. The number of hydrogen-bond acceptors (Lipinski definition) is 5. The molecule has 0 spiro atoms. The van der Waals surface area contributed by atoms with Crippen molar-refractivity contribution in [3.8, 4) is 11.5 Å². The van der Waals surface area contributed by atoms with Crippen molar-refractivity contribution < 1.29 is 14.2 Å². The summed E-state index contributed by atoms with van der Waals surface area (Å²) >= 11 is 6.33. The Morgan fingerprint density at radius 1 is 1.14 bits per heavy atom. The molecule has 0 bridgehead atoms. The predicted octanol–water partition coefficient (Wildman–Crippen LogP) is 1.83. The zero-order chi connectivity index (χ0) is 14.7. The van der Waals surface area contributed by atoms with Crippen LogP contribution in [0.2, 0.25) is 5.02 Å². The van der Waals surface area contributed by atoms with E-state index in [1.165, 1.54) is 0 Å². The second-order valence-electron chi connectivity index (χ2n) is 5.28. The molecule has 1 fully saturated rings. The number of benzene rings is 1. The number of rotatable bonds is 3. The van der Waals surface area contributed by atoms with E-state index >= 15 is 0 Å². The van der Waals surface area contributed by atoms with Crippen LogP contribution < -0.4 is 15.2 Å². The van der Waals surface area contributed by atoms with E-state index in [0.717, 1.165) is 38.3 Å². The van der Waals surface area contributed by atoms with Gasteiger partial charge >= 0.3 is 0 Å². The van der Waals surface area contributed by atoms with Crippen LogP contribution in [0.5, 0.6) is 11.5 Å². The van der Waals surface area contributed by atoms with Gasteiger partial charge in [-0.1, -0.05) is 11.6 Å². The Labute approximate surface area is 129 Å². The van der Waals surface area contributed by atoms with Gasteiger partial charge in [0.05, 0.1) is 11.6 Å². The third-order valence-electron chi connectivity index (χ3n) is 3.92. The molecule has 1 aromatic carbocycles. The number of halogens is 1. The SMILES string of the molecule is NCC(c1cc(Cl)c2c(c1)OCCO2)N1CCCOCC1. The second kappa shape index (κ2) is 6.83. The van der Waals surface area contributed by atoms with Crippen LogP contribution >= 0.6 is 11.6 Å². The zero-order valence-electron chi connectivity index (χ0n) is 12.0. The lowest BCUT2D eigenvalue weighted by Crippen LogP contribution is -2.35. The van der Waals surface area contributed by atoms with Gasteiger partial charge < -0.3 is 19.9 Å². The van der Waals surface area contributed by atoms with Gasteiger partial charge in [-0.3, -0.25) is 4.90 Å². The topological polar surface area (TPSA) is 57.0 Å². The number of ether oxygens (including phenoxy) is 3. The maximum atomic E-state index is 6.33. The lowest BCUT2D eigenvalue weighted by Gasteiger charge is -2.30. The summed E-state index contributed by atoms with van der Waals surface area (Å²) < 4.78 is 16.7. The van der Waals surface area contributed by atoms with E-state index in [1.807, 2.05) is 12.1 Å². The van der Waals surface area contributed by atoms with Crippen molar-refractivity contribution >= 4 is 11.6 Å². The molecule has 2 aliphatic heterocycles. The van der Waals surface area contributed by atoms with Crippen molar-refractivity contribution in [2.45, 2.75) is 12.5 Å². The highest BCUT2D eigenvalue weighted by atomic mass is 35.5. The van der Waals surface area contributed by atoms with Gasteiger partial charge in [0.25, 0.3) is 0 Å². The van der Waals surface area contributed by atoms with Gasteiger partial charge in [-0.15, -0.1) is 0 Å². The molecule has 0 saturated carbocycles. The number of nitrogens with two attached hydrogens (primary N) is 1. The lowest BCUT2D eigenvalue weighted by molar-refractivity contribution is 0.132. The van der Waals surface area contributed by atoms with Crippen molar-refractivity contribution in [2.75, 3.05) is 46.1 Å². The zero-order valence-corrected chi connectivity index (χ0v) is 12.8. The molecular weight excluding hydrogens is 292 g/mol. The maximum Gasteiger partial charge on any atom is 0.179 e. The smallest absolute Gasteiger partial charge is 0.179 e. The molecule has 6 heteroatoms. The van der Waals surface area contributed by atoms with E-state index in [2.05, 4.69) is 4.90 Å². The third kappa shape index (κ3) is 3.26. The van der Waals surface area contributed by atoms with Crippen molar-refractivity contribution in [2.24, 2.45) is 5.73 Å². The molecule has 2 aliphatic rings. The maximum absolute atomic E-state index is 6.33. The first kappa shape index (κ1) is 14.9. The summed E-state index contributed by atoms with van der Waals surface area (Å²) in [7, 11) is 0. The van der Waals surface area contributed by atoms with Crippen molar-refractivity contribution in [1.82, 2.24) is 4.90 Å². The normalized spacial score (nSPS) is 20.9. The van der Waals surface area contributed by atoms with E-state index in [0.29, 0.717) is 36.3 Å². The van der Waals surface area contributed by atoms with Crippen LogP contribution in [-0.4, -0.2) is 51.0 Å². The minimum atomic E-state index is 0.125. The molecule has 1 atom stereocenters. The quantitative estimate of drug-likeness (QED) is 0.923. The molecule has 1 saturated heterocycles. The minimum Gasteiger partial charge on any atom is -0.486 e. The van der Waals surface area contributed by atoms with Crippen LogP contribution in [0, 0.1) is 0 Å². The van der Waals surface area contributed by atoms with E-state index in [9.17, 15) is 0 Å². The van der Waals surface area contributed by atoms with E-state index in [1.54, 1.807) is 0 Å². The Bertz CT molecular complexity index is 490. The summed E-state index contributed by atoms with van der Waals surface area (Å²) in [6.45, 7) is 5.05. The van der Waals surface area contributed by atoms with E-state index in [4.69, 9.17) is 31.5 Å². The molecule has 2 heterocycles. The first-order chi connectivity index (χ1) is 10.3. The second-order valence-corrected chi connectivity index (χ2v) is 5.69. The molecule has 0 aliphatic carbocycles. The molecule has 0 radical (unpaired) electrons. The van der Waals surface area contributed by atoms with E-state index < -0.39 is 0 Å². The molecule has 1 aromatic rings. The van der Waals surface area contributed by atoms with Gasteiger partial charge in [-0.25, -0.2) is 0 Å². The fourth-order valence-corrected chi connectivity index (χ4v) is 3.17. The highest BCUT2D eigenvalue weighted by Crippen LogP contribution is 2.40. The molecule has 1 unspecified atom stereocenters. The fourth-order valence-electron chi connectivity index (χ4n) is 2.90. The highest BCUT2D eigenvalue weighted by Gasteiger charge is 2.24. The molecule has 0 amide bonds. The van der Waals surface area contributed by atoms with Gasteiger partial charge in [0.1, 0.15) is 13.2 Å². The van der Waals surface area contributed by atoms with Crippen LogP contribution in [0.4, 0.5) is 0 Å². The van der Waals surface area contributed by atoms with Crippen LogP contribution in [0.1, 0.15) is 18.0 Å². The van der Waals surface area contributed by atoms with Gasteiger partial charge in [-0.05, 0) is 24.1 Å². The summed E-state index contributed by atoms with van der Waals surface area (Å²) in [5, 5.41) is 0.590. The van der Waals surface area contributed by atoms with Crippen molar-refractivity contribution in [1.29, 1.82) is 0 Å². The van der Waals surface area contributed by atoms with Gasteiger partial charge in [0.15, 0.2) is 11.5 Å². The van der Waals surface area contributed by atoms with Gasteiger partial charge in [0, 0.05) is 32.3 Å². The average Bonchev–Trinajstić information content (AvgIpc) is 2.77. The monoisotopic (exact) mass is 312 g/mol. The molecule has 2 N–H and O–H groups in total. The number of fused-ring (bicyclic) bond motifs is 1. The number of hydrogen-bond donors (Lipinski definition) is 1. The number of nitrogens with zero attached hydrogens (tertiary/aromatic N) is 1. The Morgan fingerprint density at radius 3 is 2.86 bits per heavy atom. The first-order valence-corrected chi connectivity index (χ1v) is 7.78. The molecule has 5 nitrogen and oxygen atoms in total. The Morgan fingerprint density at radius 2 is 2.00 bits per heavy atom. The summed E-state index contributed by atoms with van der Waals surface area (Å²) in [5.41, 5.74) is 7.09. The van der Waals surface area contributed by atoms with Crippen LogP contribution in [0.25, 0.3) is 0 Å². The average molecular weight is 313 g/mol. The van der Waals surface area contributed by atoms with Crippen molar-refractivity contribution in [3.63, 3.8) is 0 Å². The predicted molar refractivity (Wildman–Crippen MR) is 81.2 cm³/mol. The Balaban J connectivity index is 1.87. The molecular formula is C15H21ClN2O3. The molecule has 116 valence electrons. The molecule has 3 rings (SSSR count). The minimum absolute atomic E-state index is 0.125. The largest absolute Gasteiger partial charge is 0.486 e. The van der Waals surface area contributed by atoms with E-state index in [-0.39, 0.29) is 6.04 Å².